The summed E-state index contributed by atoms with van der Waals surface area (Å²) in [5, 5.41) is 16.9. The van der Waals surface area contributed by atoms with Crippen molar-refractivity contribution in [3.8, 4) is 5.75 Å². The number of ether oxygens (including phenoxy) is 2. The van der Waals surface area contributed by atoms with E-state index in [9.17, 15) is 4.79 Å². The number of carboxylic acid groups (broad SMARTS) is 2. The van der Waals surface area contributed by atoms with Gasteiger partial charge in [0.05, 0.1) is 19.8 Å². The van der Waals surface area contributed by atoms with Crippen LogP contribution in [0.1, 0.15) is 44.1 Å². The number of nitrogens with one attached hydrogen (secondary N) is 1. The van der Waals surface area contributed by atoms with Gasteiger partial charge in [-0.2, -0.15) is 0 Å². The summed E-state index contributed by atoms with van der Waals surface area (Å²) in [4.78, 5) is 34.3. The Morgan fingerprint density at radius 1 is 1.03 bits per heavy atom. The van der Waals surface area contributed by atoms with Gasteiger partial charge in [-0.1, -0.05) is 18.2 Å². The fraction of sp³-hybridized carbons (Fsp3) is 0.640. The standard InChI is InChI=1S/C23H35N3O3.2CH2O2/c27-22-23(9-5-11-24-22)10-6-13-26(23)19-20-7-1-2-8-21(20)29-16-4-3-12-25-14-17-28-18-15-25;2*2-1-3/h1-2,7-8H,3-6,9-19H2,(H,24,27);2*1H,(H,2,3). The number of carbonyl (C=O) groups excluding carboxylic acids is 1. The molecular formula is C25H39N3O7. The van der Waals surface area contributed by atoms with Crippen molar-refractivity contribution in [2.45, 2.75) is 50.6 Å². The highest BCUT2D eigenvalue weighted by molar-refractivity contribution is 5.87. The predicted octanol–water partition coefficient (Wildman–Crippen LogP) is 1.82. The Hall–Kier alpha value is -2.69. The highest BCUT2D eigenvalue weighted by Gasteiger charge is 2.48. The van der Waals surface area contributed by atoms with Crippen LogP contribution in [0.25, 0.3) is 0 Å². The van der Waals surface area contributed by atoms with Crippen LogP contribution in [-0.4, -0.2) is 96.9 Å². The Balaban J connectivity index is 0.000000655. The first-order valence-corrected chi connectivity index (χ1v) is 12.3. The zero-order chi connectivity index (χ0) is 25.4. The van der Waals surface area contributed by atoms with Crippen molar-refractivity contribution < 1.29 is 34.1 Å². The molecule has 3 fully saturated rings. The van der Waals surface area contributed by atoms with Crippen LogP contribution in [0.2, 0.25) is 0 Å². The summed E-state index contributed by atoms with van der Waals surface area (Å²) in [6, 6.07) is 8.33. The third kappa shape index (κ3) is 8.79. The fourth-order valence-electron chi connectivity index (χ4n) is 4.99. The summed E-state index contributed by atoms with van der Waals surface area (Å²) in [5.74, 6) is 1.19. The van der Waals surface area contributed by atoms with E-state index in [1.165, 1.54) is 5.56 Å². The van der Waals surface area contributed by atoms with Gasteiger partial charge < -0.3 is 25.0 Å². The van der Waals surface area contributed by atoms with E-state index in [4.69, 9.17) is 29.3 Å². The number of para-hydroxylation sites is 1. The first kappa shape index (κ1) is 28.5. The van der Waals surface area contributed by atoms with Gasteiger partial charge in [0.15, 0.2) is 0 Å². The summed E-state index contributed by atoms with van der Waals surface area (Å²) in [7, 11) is 0. The Morgan fingerprint density at radius 2 is 1.71 bits per heavy atom. The lowest BCUT2D eigenvalue weighted by Gasteiger charge is -2.40. The van der Waals surface area contributed by atoms with Crippen LogP contribution in [0.3, 0.4) is 0 Å². The molecule has 3 saturated heterocycles. The highest BCUT2D eigenvalue weighted by atomic mass is 16.5. The van der Waals surface area contributed by atoms with Crippen LogP contribution in [0.5, 0.6) is 5.75 Å². The van der Waals surface area contributed by atoms with Gasteiger partial charge in [-0.15, -0.1) is 0 Å². The highest BCUT2D eigenvalue weighted by Crippen LogP contribution is 2.37. The number of carbonyl (C=O) groups is 3. The zero-order valence-corrected chi connectivity index (χ0v) is 20.4. The van der Waals surface area contributed by atoms with Crippen LogP contribution >= 0.6 is 0 Å². The maximum Gasteiger partial charge on any atom is 0.290 e. The van der Waals surface area contributed by atoms with Gasteiger partial charge in [0.25, 0.3) is 12.9 Å². The first-order valence-electron chi connectivity index (χ1n) is 12.3. The number of benzene rings is 1. The van der Waals surface area contributed by atoms with Crippen molar-refractivity contribution in [3.63, 3.8) is 0 Å². The van der Waals surface area contributed by atoms with E-state index in [0.29, 0.717) is 0 Å². The van der Waals surface area contributed by atoms with Crippen LogP contribution < -0.4 is 10.1 Å². The van der Waals surface area contributed by atoms with Gasteiger partial charge in [-0.3, -0.25) is 24.2 Å². The number of hydrogen-bond donors (Lipinski definition) is 3. The minimum atomic E-state index is -0.302. The van der Waals surface area contributed by atoms with Crippen LogP contribution in [0.15, 0.2) is 24.3 Å². The zero-order valence-electron chi connectivity index (χ0n) is 20.4. The van der Waals surface area contributed by atoms with Crippen molar-refractivity contribution in [1.82, 2.24) is 15.1 Å². The normalized spacial score (nSPS) is 22.2. The van der Waals surface area contributed by atoms with Crippen molar-refractivity contribution >= 4 is 18.9 Å². The van der Waals surface area contributed by atoms with Gasteiger partial charge in [-0.25, -0.2) is 0 Å². The second kappa shape index (κ2) is 16.1. The molecule has 1 spiro atoms. The second-order valence-electron chi connectivity index (χ2n) is 8.74. The molecule has 10 heteroatoms. The number of piperidine rings is 1. The third-order valence-electron chi connectivity index (χ3n) is 6.66. The van der Waals surface area contributed by atoms with E-state index in [1.54, 1.807) is 0 Å². The topological polar surface area (TPSA) is 129 Å². The molecule has 0 saturated carbocycles. The average molecular weight is 494 g/mol. The van der Waals surface area contributed by atoms with Gasteiger partial charge in [-0.05, 0) is 57.7 Å². The molecule has 0 aliphatic carbocycles. The number of likely N-dealkylation sites (tertiary alicyclic amines) is 1. The molecule has 4 rings (SSSR count). The number of nitrogens with zero attached hydrogens (tertiary/aromatic N) is 2. The molecule has 3 aliphatic heterocycles. The Morgan fingerprint density at radius 3 is 2.43 bits per heavy atom. The second-order valence-corrected chi connectivity index (χ2v) is 8.74. The van der Waals surface area contributed by atoms with Gasteiger partial charge >= 0.3 is 0 Å². The summed E-state index contributed by atoms with van der Waals surface area (Å²) in [6.45, 7) is 7.79. The van der Waals surface area contributed by atoms with E-state index >= 15 is 0 Å². The Kier molecular flexibility index (Phi) is 13.1. The molecule has 10 nitrogen and oxygen atoms in total. The van der Waals surface area contributed by atoms with Crippen molar-refractivity contribution in [2.24, 2.45) is 0 Å². The lowest BCUT2D eigenvalue weighted by atomic mass is 9.86. The largest absolute Gasteiger partial charge is 0.493 e. The molecule has 1 aromatic carbocycles. The number of morpholine rings is 1. The molecule has 1 aromatic rings. The smallest absolute Gasteiger partial charge is 0.290 e. The molecule has 3 heterocycles. The molecule has 3 N–H and O–H groups in total. The van der Waals surface area contributed by atoms with Gasteiger partial charge in [0, 0.05) is 31.7 Å². The van der Waals surface area contributed by atoms with E-state index in [0.717, 1.165) is 103 Å². The third-order valence-corrected chi connectivity index (χ3v) is 6.66. The number of rotatable bonds is 8. The SMILES string of the molecule is O=C1NCCCC12CCCN2Cc1ccccc1OCCCCN1CCOCC1.O=CO.O=CO. The average Bonchev–Trinajstić information content (AvgIpc) is 3.26. The van der Waals surface area contributed by atoms with Crippen LogP contribution in [-0.2, 0) is 25.7 Å². The van der Waals surface area contributed by atoms with E-state index in [-0.39, 0.29) is 24.4 Å². The summed E-state index contributed by atoms with van der Waals surface area (Å²) in [5.41, 5.74) is 0.893. The molecule has 35 heavy (non-hydrogen) atoms. The molecule has 3 aliphatic rings. The monoisotopic (exact) mass is 493 g/mol. The fourth-order valence-corrected chi connectivity index (χ4v) is 4.99. The van der Waals surface area contributed by atoms with Crippen molar-refractivity contribution in [1.29, 1.82) is 0 Å². The van der Waals surface area contributed by atoms with Crippen molar-refractivity contribution in [3.05, 3.63) is 29.8 Å². The quantitative estimate of drug-likeness (QED) is 0.367. The van der Waals surface area contributed by atoms with Gasteiger partial charge in [0.1, 0.15) is 11.3 Å². The van der Waals surface area contributed by atoms with Crippen LogP contribution in [0, 0.1) is 0 Å². The lowest BCUT2D eigenvalue weighted by molar-refractivity contribution is -0.135. The van der Waals surface area contributed by atoms with Gasteiger partial charge in [0.2, 0.25) is 5.91 Å². The van der Waals surface area contributed by atoms with E-state index < -0.39 is 0 Å². The predicted molar refractivity (Wildman–Crippen MR) is 130 cm³/mol. The van der Waals surface area contributed by atoms with E-state index in [2.05, 4.69) is 33.3 Å². The minimum Gasteiger partial charge on any atom is -0.493 e. The number of hydrogen-bond acceptors (Lipinski definition) is 7. The molecule has 196 valence electrons. The molecular weight excluding hydrogens is 454 g/mol. The van der Waals surface area contributed by atoms with E-state index in [1.807, 2.05) is 6.07 Å². The molecule has 1 unspecified atom stereocenters. The first-order chi connectivity index (χ1) is 17.1. The molecule has 0 aromatic heterocycles. The summed E-state index contributed by atoms with van der Waals surface area (Å²) >= 11 is 0. The van der Waals surface area contributed by atoms with Crippen LogP contribution in [0.4, 0.5) is 0 Å². The number of unbranched alkanes of at least 4 members (excludes halogenated alkanes) is 1. The molecule has 1 amide bonds. The lowest BCUT2D eigenvalue weighted by Crippen LogP contribution is -2.58. The Labute approximate surface area is 207 Å². The summed E-state index contributed by atoms with van der Waals surface area (Å²) in [6.07, 6.45) is 6.33. The molecule has 0 bridgehead atoms. The minimum absolute atomic E-state index is 0.225. The molecule has 1 atom stereocenters. The summed E-state index contributed by atoms with van der Waals surface area (Å²) < 4.78 is 11.6. The maximum atomic E-state index is 12.7. The Bertz CT molecular complexity index is 767. The number of amides is 1. The maximum absolute atomic E-state index is 12.7. The van der Waals surface area contributed by atoms with Crippen molar-refractivity contribution in [2.75, 3.05) is 52.5 Å². The molecule has 0 radical (unpaired) electrons.